The number of ether oxygens (including phenoxy) is 1. The zero-order valence-electron chi connectivity index (χ0n) is 5.88. The van der Waals surface area contributed by atoms with Gasteiger partial charge in [-0.15, -0.1) is 12.4 Å². The molecular weight excluding hydrogens is 152 g/mol. The number of hydrogen-bond donors (Lipinski definition) is 1. The molecule has 0 bridgehead atoms. The van der Waals surface area contributed by atoms with E-state index in [9.17, 15) is 0 Å². The van der Waals surface area contributed by atoms with Crippen LogP contribution >= 0.6 is 12.4 Å². The molecule has 0 amide bonds. The fourth-order valence-corrected chi connectivity index (χ4v) is 1.46. The molecular formula is C6H13ClN2O. The second kappa shape index (κ2) is 3.53. The maximum atomic E-state index is 5.30. The van der Waals surface area contributed by atoms with Crippen LogP contribution in [-0.4, -0.2) is 43.9 Å². The van der Waals surface area contributed by atoms with Crippen molar-refractivity contribution < 1.29 is 4.74 Å². The number of rotatable bonds is 0. The van der Waals surface area contributed by atoms with Crippen molar-refractivity contribution in [2.24, 2.45) is 0 Å². The van der Waals surface area contributed by atoms with Crippen LogP contribution in [0.25, 0.3) is 0 Å². The number of halogens is 1. The van der Waals surface area contributed by atoms with Gasteiger partial charge in [-0.2, -0.15) is 0 Å². The zero-order chi connectivity index (χ0) is 6.10. The van der Waals surface area contributed by atoms with Gasteiger partial charge in [-0.25, -0.2) is 0 Å². The lowest BCUT2D eigenvalue weighted by Gasteiger charge is -2.27. The first-order chi connectivity index (χ1) is 4.47. The summed E-state index contributed by atoms with van der Waals surface area (Å²) in [4.78, 5) is 2.43. The molecule has 0 aliphatic carbocycles. The van der Waals surface area contributed by atoms with E-state index in [2.05, 4.69) is 10.2 Å². The average molecular weight is 165 g/mol. The van der Waals surface area contributed by atoms with Gasteiger partial charge in [-0.05, 0) is 0 Å². The second-order valence-electron chi connectivity index (χ2n) is 2.65. The van der Waals surface area contributed by atoms with Gasteiger partial charge in [-0.1, -0.05) is 0 Å². The maximum Gasteiger partial charge on any atom is 0.0635 e. The Morgan fingerprint density at radius 3 is 3.20 bits per heavy atom. The molecule has 2 rings (SSSR count). The molecule has 0 spiro atoms. The second-order valence-corrected chi connectivity index (χ2v) is 2.65. The molecule has 2 heterocycles. The molecule has 2 aliphatic rings. The molecule has 3 nitrogen and oxygen atoms in total. The molecule has 4 heteroatoms. The summed E-state index contributed by atoms with van der Waals surface area (Å²) >= 11 is 0. The molecule has 1 N–H and O–H groups in total. The van der Waals surface area contributed by atoms with Gasteiger partial charge in [-0.3, -0.25) is 4.90 Å². The van der Waals surface area contributed by atoms with E-state index in [0.29, 0.717) is 6.04 Å². The fourth-order valence-electron chi connectivity index (χ4n) is 1.46. The minimum Gasteiger partial charge on any atom is -0.378 e. The van der Waals surface area contributed by atoms with Crippen LogP contribution in [0.3, 0.4) is 0 Å². The van der Waals surface area contributed by atoms with Gasteiger partial charge in [0.05, 0.1) is 13.2 Å². The van der Waals surface area contributed by atoms with E-state index in [1.165, 1.54) is 0 Å². The molecule has 60 valence electrons. The zero-order valence-corrected chi connectivity index (χ0v) is 6.69. The molecule has 0 saturated carbocycles. The predicted octanol–water partition coefficient (Wildman–Crippen LogP) is -0.330. The Bertz CT molecular complexity index is 99.9. The van der Waals surface area contributed by atoms with Gasteiger partial charge < -0.3 is 10.1 Å². The molecule has 2 fully saturated rings. The minimum absolute atomic E-state index is 0. The SMILES string of the molecule is C1CN2CNCC2CO1.Cl. The van der Waals surface area contributed by atoms with Gasteiger partial charge in [0, 0.05) is 25.8 Å². The van der Waals surface area contributed by atoms with Gasteiger partial charge in [0.25, 0.3) is 0 Å². The van der Waals surface area contributed by atoms with Crippen LogP contribution in [-0.2, 0) is 4.74 Å². The largest absolute Gasteiger partial charge is 0.378 e. The Labute approximate surface area is 67.1 Å². The van der Waals surface area contributed by atoms with E-state index >= 15 is 0 Å². The van der Waals surface area contributed by atoms with Crippen LogP contribution in [0.2, 0.25) is 0 Å². The summed E-state index contributed by atoms with van der Waals surface area (Å²) in [6.07, 6.45) is 0. The molecule has 0 aromatic rings. The van der Waals surface area contributed by atoms with Crippen molar-refractivity contribution in [3.05, 3.63) is 0 Å². The Morgan fingerprint density at radius 1 is 1.50 bits per heavy atom. The molecule has 2 aliphatic heterocycles. The van der Waals surface area contributed by atoms with Crippen molar-refractivity contribution in [2.75, 3.05) is 33.0 Å². The number of morpholine rings is 1. The topological polar surface area (TPSA) is 24.5 Å². The molecule has 0 aromatic carbocycles. The number of nitrogens with one attached hydrogen (secondary N) is 1. The molecule has 0 radical (unpaired) electrons. The van der Waals surface area contributed by atoms with Crippen LogP contribution < -0.4 is 5.32 Å². The average Bonchev–Trinajstić information content (AvgIpc) is 2.33. The lowest BCUT2D eigenvalue weighted by molar-refractivity contribution is 0.0161. The highest BCUT2D eigenvalue weighted by Gasteiger charge is 2.26. The lowest BCUT2D eigenvalue weighted by Crippen LogP contribution is -2.41. The first-order valence-electron chi connectivity index (χ1n) is 3.49. The third kappa shape index (κ3) is 1.42. The molecule has 1 atom stereocenters. The van der Waals surface area contributed by atoms with Gasteiger partial charge in [0.15, 0.2) is 0 Å². The van der Waals surface area contributed by atoms with E-state index < -0.39 is 0 Å². The van der Waals surface area contributed by atoms with Gasteiger partial charge in [0.1, 0.15) is 0 Å². The Balaban J connectivity index is 0.000000500. The van der Waals surface area contributed by atoms with E-state index in [-0.39, 0.29) is 12.4 Å². The summed E-state index contributed by atoms with van der Waals surface area (Å²) in [5.74, 6) is 0. The van der Waals surface area contributed by atoms with Crippen LogP contribution in [0.15, 0.2) is 0 Å². The Hall–Kier alpha value is 0.170. The quantitative estimate of drug-likeness (QED) is 0.531. The smallest absolute Gasteiger partial charge is 0.0635 e. The van der Waals surface area contributed by atoms with Crippen LogP contribution in [0, 0.1) is 0 Å². The summed E-state index contributed by atoms with van der Waals surface area (Å²) in [6.45, 7) is 5.12. The molecule has 0 aromatic heterocycles. The summed E-state index contributed by atoms with van der Waals surface area (Å²) in [7, 11) is 0. The highest BCUT2D eigenvalue weighted by Crippen LogP contribution is 2.08. The van der Waals surface area contributed by atoms with Crippen molar-refractivity contribution in [1.82, 2.24) is 10.2 Å². The predicted molar refractivity (Wildman–Crippen MR) is 41.4 cm³/mol. The standard InChI is InChI=1S/C6H12N2O.ClH/c1-2-9-4-6-3-7-5-8(1)6;/h6-7H,1-5H2;1H. The van der Waals surface area contributed by atoms with E-state index in [0.717, 1.165) is 33.0 Å². The minimum atomic E-state index is 0. The summed E-state index contributed by atoms with van der Waals surface area (Å²) < 4.78 is 5.30. The van der Waals surface area contributed by atoms with Crippen molar-refractivity contribution in [2.45, 2.75) is 6.04 Å². The van der Waals surface area contributed by atoms with Crippen molar-refractivity contribution >= 4 is 12.4 Å². The molecule has 2 saturated heterocycles. The third-order valence-electron chi connectivity index (χ3n) is 2.04. The first-order valence-corrected chi connectivity index (χ1v) is 3.49. The monoisotopic (exact) mass is 164 g/mol. The highest BCUT2D eigenvalue weighted by molar-refractivity contribution is 5.85. The van der Waals surface area contributed by atoms with Crippen LogP contribution in [0.1, 0.15) is 0 Å². The van der Waals surface area contributed by atoms with Gasteiger partial charge in [0.2, 0.25) is 0 Å². The maximum absolute atomic E-state index is 5.30. The van der Waals surface area contributed by atoms with Crippen molar-refractivity contribution in [3.8, 4) is 0 Å². The van der Waals surface area contributed by atoms with Crippen LogP contribution in [0.4, 0.5) is 0 Å². The first kappa shape index (κ1) is 8.27. The summed E-state index contributed by atoms with van der Waals surface area (Å²) in [5, 5.41) is 3.31. The fraction of sp³-hybridized carbons (Fsp3) is 1.00. The number of hydrogen-bond acceptors (Lipinski definition) is 3. The van der Waals surface area contributed by atoms with Gasteiger partial charge >= 0.3 is 0 Å². The number of nitrogens with zero attached hydrogens (tertiary/aromatic N) is 1. The Morgan fingerprint density at radius 2 is 2.40 bits per heavy atom. The van der Waals surface area contributed by atoms with E-state index in [1.54, 1.807) is 0 Å². The van der Waals surface area contributed by atoms with E-state index in [4.69, 9.17) is 4.74 Å². The Kier molecular flexibility index (Phi) is 2.92. The summed E-state index contributed by atoms with van der Waals surface area (Å²) in [5.41, 5.74) is 0. The van der Waals surface area contributed by atoms with Crippen molar-refractivity contribution in [3.63, 3.8) is 0 Å². The molecule has 10 heavy (non-hydrogen) atoms. The number of fused-ring (bicyclic) bond motifs is 1. The summed E-state index contributed by atoms with van der Waals surface area (Å²) in [6, 6.07) is 0.666. The highest BCUT2D eigenvalue weighted by atomic mass is 35.5. The third-order valence-corrected chi connectivity index (χ3v) is 2.04. The van der Waals surface area contributed by atoms with E-state index in [1.807, 2.05) is 0 Å². The normalized spacial score (nSPS) is 33.0. The van der Waals surface area contributed by atoms with Crippen LogP contribution in [0.5, 0.6) is 0 Å². The lowest BCUT2D eigenvalue weighted by atomic mass is 10.3. The van der Waals surface area contributed by atoms with Crippen molar-refractivity contribution in [1.29, 1.82) is 0 Å². The molecule has 1 unspecified atom stereocenters.